The highest BCUT2D eigenvalue weighted by Crippen LogP contribution is 2.21. The van der Waals surface area contributed by atoms with E-state index in [1.54, 1.807) is 24.5 Å². The molecule has 2 heterocycles. The third-order valence-electron chi connectivity index (χ3n) is 4.35. The zero-order valence-electron chi connectivity index (χ0n) is 14.0. The average Bonchev–Trinajstić information content (AvgIpc) is 3.17. The highest BCUT2D eigenvalue weighted by atomic mass is 16.2. The van der Waals surface area contributed by atoms with Crippen LogP contribution in [0, 0.1) is 0 Å². The predicted molar refractivity (Wildman–Crippen MR) is 99.4 cm³/mol. The number of fused-ring (bicyclic) bond motifs is 1. The fraction of sp³-hybridized carbons (Fsp3) is 0.0952. The van der Waals surface area contributed by atoms with Crippen molar-refractivity contribution in [2.24, 2.45) is 4.99 Å². The third kappa shape index (κ3) is 3.07. The van der Waals surface area contributed by atoms with E-state index in [0.29, 0.717) is 5.71 Å². The summed E-state index contributed by atoms with van der Waals surface area (Å²) < 4.78 is 1.39. The molecule has 0 spiro atoms. The van der Waals surface area contributed by atoms with E-state index in [9.17, 15) is 9.59 Å². The maximum atomic E-state index is 12.7. The van der Waals surface area contributed by atoms with Crippen LogP contribution in [0.3, 0.4) is 0 Å². The lowest BCUT2D eigenvalue weighted by molar-refractivity contribution is -0.119. The maximum Gasteiger partial charge on any atom is 0.327 e. The number of carbonyl (C=O) groups is 2. The van der Waals surface area contributed by atoms with Gasteiger partial charge in [0.25, 0.3) is 0 Å². The van der Waals surface area contributed by atoms with Gasteiger partial charge in [-0.3, -0.25) is 14.4 Å². The lowest BCUT2D eigenvalue weighted by Gasteiger charge is -2.13. The van der Waals surface area contributed by atoms with E-state index in [1.807, 2.05) is 54.6 Å². The van der Waals surface area contributed by atoms with Crippen LogP contribution < -0.4 is 5.32 Å². The summed E-state index contributed by atoms with van der Waals surface area (Å²) in [4.78, 5) is 29.7. The van der Waals surface area contributed by atoms with Crippen LogP contribution in [0.2, 0.25) is 0 Å². The van der Waals surface area contributed by atoms with E-state index in [0.717, 1.165) is 16.7 Å². The standard InChI is InChI=1S/C21H17N3O2/c25-18-14-16-10-4-5-11-17(16)19(15-8-2-1-3-9-15)22-20(18)23-21(26)24-12-6-7-13-24/h1-13,20H,14H2,(H,23,26)/t20-/m1/s1. The van der Waals surface area contributed by atoms with Crippen LogP contribution in [0.5, 0.6) is 0 Å². The smallest absolute Gasteiger partial charge is 0.309 e. The van der Waals surface area contributed by atoms with Gasteiger partial charge in [0.1, 0.15) is 0 Å². The second-order valence-electron chi connectivity index (χ2n) is 6.09. The molecule has 1 aliphatic rings. The van der Waals surface area contributed by atoms with Gasteiger partial charge in [-0.15, -0.1) is 0 Å². The molecule has 1 atom stereocenters. The molecule has 0 fully saturated rings. The van der Waals surface area contributed by atoms with E-state index >= 15 is 0 Å². The molecule has 5 nitrogen and oxygen atoms in total. The fourth-order valence-corrected chi connectivity index (χ4v) is 3.06. The Hall–Kier alpha value is -3.47. The third-order valence-corrected chi connectivity index (χ3v) is 4.35. The summed E-state index contributed by atoms with van der Waals surface area (Å²) in [7, 11) is 0. The molecule has 1 aliphatic heterocycles. The quantitative estimate of drug-likeness (QED) is 0.777. The van der Waals surface area contributed by atoms with Crippen molar-refractivity contribution in [2.75, 3.05) is 0 Å². The number of aromatic nitrogens is 1. The Balaban J connectivity index is 1.76. The molecule has 1 amide bonds. The van der Waals surface area contributed by atoms with Crippen molar-refractivity contribution in [3.63, 3.8) is 0 Å². The van der Waals surface area contributed by atoms with E-state index in [1.165, 1.54) is 4.57 Å². The van der Waals surface area contributed by atoms with Crippen LogP contribution in [0.1, 0.15) is 16.7 Å². The van der Waals surface area contributed by atoms with Crippen LogP contribution in [-0.4, -0.2) is 28.3 Å². The number of aliphatic imine (C=N–C) groups is 1. The minimum absolute atomic E-state index is 0.135. The molecule has 1 N–H and O–H groups in total. The molecular formula is C21H17N3O2. The number of rotatable bonds is 2. The monoisotopic (exact) mass is 343 g/mol. The second-order valence-corrected chi connectivity index (χ2v) is 6.09. The lowest BCUT2D eigenvalue weighted by Crippen LogP contribution is -2.42. The first kappa shape index (κ1) is 16.0. The summed E-state index contributed by atoms with van der Waals surface area (Å²) in [5, 5.41) is 2.73. The second kappa shape index (κ2) is 6.80. The number of Topliss-reactive ketones (excluding diaryl/α,β-unsaturated/α-hetero) is 1. The largest absolute Gasteiger partial charge is 0.327 e. The normalized spacial score (nSPS) is 16.4. The maximum absolute atomic E-state index is 12.7. The fourth-order valence-electron chi connectivity index (χ4n) is 3.06. The lowest BCUT2D eigenvalue weighted by atomic mass is 9.96. The van der Waals surface area contributed by atoms with Crippen molar-refractivity contribution >= 4 is 17.5 Å². The van der Waals surface area contributed by atoms with Gasteiger partial charge in [0.2, 0.25) is 0 Å². The van der Waals surface area contributed by atoms with E-state index in [4.69, 9.17) is 0 Å². The highest BCUT2D eigenvalue weighted by Gasteiger charge is 2.27. The first-order valence-corrected chi connectivity index (χ1v) is 8.40. The first-order valence-electron chi connectivity index (χ1n) is 8.40. The number of amides is 1. The molecule has 0 bridgehead atoms. The molecule has 0 radical (unpaired) electrons. The molecule has 5 heteroatoms. The van der Waals surface area contributed by atoms with Crippen molar-refractivity contribution in [1.29, 1.82) is 0 Å². The summed E-state index contributed by atoms with van der Waals surface area (Å²) in [5.74, 6) is -0.135. The highest BCUT2D eigenvalue weighted by molar-refractivity contribution is 6.16. The van der Waals surface area contributed by atoms with Crippen molar-refractivity contribution < 1.29 is 9.59 Å². The van der Waals surface area contributed by atoms with Gasteiger partial charge < -0.3 is 5.32 Å². The molecule has 1 aromatic heterocycles. The Morgan fingerprint density at radius 3 is 2.42 bits per heavy atom. The van der Waals surface area contributed by atoms with Gasteiger partial charge in [-0.1, -0.05) is 54.6 Å². The molecule has 4 rings (SSSR count). The minimum Gasteiger partial charge on any atom is -0.309 e. The van der Waals surface area contributed by atoms with E-state index in [2.05, 4.69) is 10.3 Å². The van der Waals surface area contributed by atoms with Gasteiger partial charge in [0.15, 0.2) is 11.9 Å². The molecule has 26 heavy (non-hydrogen) atoms. The average molecular weight is 343 g/mol. The van der Waals surface area contributed by atoms with Crippen LogP contribution in [0.4, 0.5) is 4.79 Å². The van der Waals surface area contributed by atoms with Crippen LogP contribution in [0.15, 0.2) is 84.1 Å². The van der Waals surface area contributed by atoms with Crippen molar-refractivity contribution in [3.05, 3.63) is 95.8 Å². The van der Waals surface area contributed by atoms with E-state index in [-0.39, 0.29) is 18.2 Å². The van der Waals surface area contributed by atoms with Crippen LogP contribution in [0.25, 0.3) is 0 Å². The zero-order valence-corrected chi connectivity index (χ0v) is 14.0. The molecule has 0 saturated heterocycles. The summed E-state index contributed by atoms with van der Waals surface area (Å²) >= 11 is 0. The Labute approximate surface area is 151 Å². The molecular weight excluding hydrogens is 326 g/mol. The zero-order chi connectivity index (χ0) is 17.9. The number of ketones is 1. The number of nitrogens with one attached hydrogen (secondary N) is 1. The minimum atomic E-state index is -0.924. The van der Waals surface area contributed by atoms with Crippen LogP contribution in [-0.2, 0) is 11.2 Å². The van der Waals surface area contributed by atoms with Gasteiger partial charge in [-0.2, -0.15) is 0 Å². The molecule has 0 unspecified atom stereocenters. The Morgan fingerprint density at radius 1 is 0.962 bits per heavy atom. The molecule has 2 aromatic carbocycles. The molecule has 0 saturated carbocycles. The van der Waals surface area contributed by atoms with Crippen molar-refractivity contribution in [2.45, 2.75) is 12.6 Å². The number of hydrogen-bond donors (Lipinski definition) is 1. The number of benzene rings is 2. The van der Waals surface area contributed by atoms with Crippen molar-refractivity contribution in [1.82, 2.24) is 9.88 Å². The number of carbonyl (C=O) groups excluding carboxylic acids is 2. The number of nitrogens with zero attached hydrogens (tertiary/aromatic N) is 2. The SMILES string of the molecule is O=C1Cc2ccccc2C(c2ccccc2)=N[C@@H]1NC(=O)n1cccc1. The summed E-state index contributed by atoms with van der Waals surface area (Å²) in [6, 6.07) is 20.6. The van der Waals surface area contributed by atoms with Crippen LogP contribution >= 0.6 is 0 Å². The van der Waals surface area contributed by atoms with Crippen molar-refractivity contribution in [3.8, 4) is 0 Å². The Kier molecular flexibility index (Phi) is 4.19. The molecule has 128 valence electrons. The summed E-state index contributed by atoms with van der Waals surface area (Å²) in [5.41, 5.74) is 3.46. The molecule has 0 aliphatic carbocycles. The van der Waals surface area contributed by atoms with E-state index < -0.39 is 6.17 Å². The first-order chi connectivity index (χ1) is 12.7. The predicted octanol–water partition coefficient (Wildman–Crippen LogP) is 3.03. The van der Waals surface area contributed by atoms with Gasteiger partial charge in [-0.05, 0) is 17.7 Å². The van der Waals surface area contributed by atoms with Gasteiger partial charge in [0, 0.05) is 29.9 Å². The van der Waals surface area contributed by atoms with Gasteiger partial charge in [-0.25, -0.2) is 4.79 Å². The Bertz CT molecular complexity index is 976. The van der Waals surface area contributed by atoms with Gasteiger partial charge >= 0.3 is 6.03 Å². The molecule has 3 aromatic rings. The summed E-state index contributed by atoms with van der Waals surface area (Å²) in [6.07, 6.45) is 2.57. The number of hydrogen-bond acceptors (Lipinski definition) is 3. The summed E-state index contributed by atoms with van der Waals surface area (Å²) in [6.45, 7) is 0. The Morgan fingerprint density at radius 2 is 1.65 bits per heavy atom. The topological polar surface area (TPSA) is 63.5 Å². The van der Waals surface area contributed by atoms with Gasteiger partial charge in [0.05, 0.1) is 5.71 Å².